The fourth-order valence-corrected chi connectivity index (χ4v) is 6.03. The first kappa shape index (κ1) is 14.3. The van der Waals surface area contributed by atoms with Gasteiger partial charge in [0.25, 0.3) is 0 Å². The summed E-state index contributed by atoms with van der Waals surface area (Å²) in [6, 6.07) is 20.3. The van der Waals surface area contributed by atoms with Crippen molar-refractivity contribution in [2.24, 2.45) is 0 Å². The Kier molecular flexibility index (Phi) is 2.98. The van der Waals surface area contributed by atoms with Crippen molar-refractivity contribution in [1.82, 2.24) is 0 Å². The Morgan fingerprint density at radius 3 is 1.68 bits per heavy atom. The third-order valence-corrected chi connectivity index (χ3v) is 7.74. The van der Waals surface area contributed by atoms with Crippen molar-refractivity contribution < 1.29 is 19.5 Å². The van der Waals surface area contributed by atoms with Gasteiger partial charge in [-0.1, -0.05) is 127 Å². The molecule has 0 saturated heterocycles. The van der Waals surface area contributed by atoms with E-state index in [1.165, 1.54) is 0 Å². The predicted octanol–water partition coefficient (Wildman–Crippen LogP) is 11.5. The average molecular weight is 532 g/mol. The topological polar surface area (TPSA) is 13.1 Å². The molecule has 0 N–H and O–H groups in total. The molecular formula is C40H24O. The molecule has 1 aromatic heterocycles. The molecule has 0 aliphatic heterocycles. The van der Waals surface area contributed by atoms with Crippen molar-refractivity contribution in [3.8, 4) is 22.3 Å². The first-order valence-electron chi connectivity index (χ1n) is 18.7. The van der Waals surface area contributed by atoms with Gasteiger partial charge in [0.1, 0.15) is 11.2 Å². The fraction of sp³-hybridized carbons (Fsp3) is 0. The minimum absolute atomic E-state index is 0.00985. The van der Waals surface area contributed by atoms with Crippen molar-refractivity contribution in [1.29, 1.82) is 0 Å². The Morgan fingerprint density at radius 2 is 1.00 bits per heavy atom. The van der Waals surface area contributed by atoms with Crippen molar-refractivity contribution in [3.05, 3.63) is 145 Å². The van der Waals surface area contributed by atoms with Crippen LogP contribution in [0, 0.1) is 0 Å². The van der Waals surface area contributed by atoms with E-state index in [0.717, 1.165) is 32.7 Å². The zero-order valence-electron chi connectivity index (χ0n) is 32.4. The highest BCUT2D eigenvalue weighted by Gasteiger charge is 2.20. The molecule has 0 bridgehead atoms. The highest BCUT2D eigenvalue weighted by molar-refractivity contribution is 6.27. The molecule has 0 saturated carbocycles. The molecule has 0 atom stereocenters. The Hall–Kier alpha value is -5.40. The molecule has 0 unspecified atom stereocenters. The van der Waals surface area contributed by atoms with E-state index in [0.29, 0.717) is 5.56 Å². The van der Waals surface area contributed by atoms with E-state index >= 15 is 0 Å². The molecule has 0 aliphatic rings. The van der Waals surface area contributed by atoms with Crippen LogP contribution in [0.15, 0.2) is 150 Å². The summed E-state index contributed by atoms with van der Waals surface area (Å²) in [7, 11) is 0. The molecule has 8 aromatic carbocycles. The minimum Gasteiger partial charge on any atom is -0.455 e. The number of fused-ring (bicyclic) bond motifs is 8. The molecule has 0 fully saturated rings. The SMILES string of the molecule is [2H]c1c([2H])c([2H])c2c([2H])c3c(oc4c5c([2H])c([2H])c([2H])c([2H])c5c(-c5c6ccccc6c(-c6ccccc6)c6ccccc56)c([2H])c43)c([2H])c2c1[2H]. The lowest BCUT2D eigenvalue weighted by Crippen LogP contribution is -1.91. The quantitative estimate of drug-likeness (QED) is 0.202. The third-order valence-electron chi connectivity index (χ3n) is 7.74. The van der Waals surface area contributed by atoms with Crippen LogP contribution in [0.5, 0.6) is 0 Å². The average Bonchev–Trinajstić information content (AvgIpc) is 3.57. The van der Waals surface area contributed by atoms with Gasteiger partial charge in [-0.05, 0) is 78.1 Å². The van der Waals surface area contributed by atoms with Crippen molar-refractivity contribution in [3.63, 3.8) is 0 Å². The Bertz CT molecular complexity index is 3020. The Morgan fingerprint density at radius 1 is 0.439 bits per heavy atom. The number of furan rings is 1. The highest BCUT2D eigenvalue weighted by Crippen LogP contribution is 2.47. The molecule has 0 radical (unpaired) electrons. The zero-order valence-corrected chi connectivity index (χ0v) is 21.4. The summed E-state index contributed by atoms with van der Waals surface area (Å²) in [5.74, 6) is 0. The third kappa shape index (κ3) is 3.24. The van der Waals surface area contributed by atoms with Gasteiger partial charge in [-0.2, -0.15) is 0 Å². The number of rotatable bonds is 2. The smallest absolute Gasteiger partial charge is 0.143 e. The summed E-state index contributed by atoms with van der Waals surface area (Å²) in [5, 5.41) is 2.70. The van der Waals surface area contributed by atoms with Gasteiger partial charge in [-0.25, -0.2) is 0 Å². The van der Waals surface area contributed by atoms with E-state index in [2.05, 4.69) is 0 Å². The second-order valence-corrected chi connectivity index (χ2v) is 9.97. The number of benzene rings is 8. The summed E-state index contributed by atoms with van der Waals surface area (Å²) in [4.78, 5) is 0. The maximum atomic E-state index is 9.96. The minimum atomic E-state index is -0.569. The molecule has 0 spiro atoms. The summed E-state index contributed by atoms with van der Waals surface area (Å²) in [5.41, 5.74) is 2.30. The zero-order chi connectivity index (χ0) is 36.5. The molecule has 41 heavy (non-hydrogen) atoms. The van der Waals surface area contributed by atoms with Crippen molar-refractivity contribution in [2.45, 2.75) is 0 Å². The van der Waals surface area contributed by atoms with Crippen LogP contribution in [0.4, 0.5) is 0 Å². The van der Waals surface area contributed by atoms with E-state index in [1.54, 1.807) is 0 Å². The van der Waals surface area contributed by atoms with E-state index in [4.69, 9.17) is 15.4 Å². The Balaban J connectivity index is 1.60. The Labute approximate surface area is 252 Å². The highest BCUT2D eigenvalue weighted by atomic mass is 16.3. The normalized spacial score (nSPS) is 15.7. The second kappa shape index (κ2) is 8.55. The fourth-order valence-electron chi connectivity index (χ4n) is 6.03. The number of hydrogen-bond acceptors (Lipinski definition) is 1. The van der Waals surface area contributed by atoms with Gasteiger partial charge in [-0.3, -0.25) is 0 Å². The molecule has 1 heteroatoms. The summed E-state index contributed by atoms with van der Waals surface area (Å²) < 4.78 is 104. The van der Waals surface area contributed by atoms with Gasteiger partial charge in [-0.15, -0.1) is 0 Å². The van der Waals surface area contributed by atoms with E-state index in [9.17, 15) is 4.11 Å². The van der Waals surface area contributed by atoms with Crippen LogP contribution in [0.25, 0.3) is 87.3 Å². The van der Waals surface area contributed by atoms with Crippen LogP contribution in [0.2, 0.25) is 0 Å². The van der Waals surface area contributed by atoms with Crippen LogP contribution in [0.1, 0.15) is 15.1 Å². The van der Waals surface area contributed by atoms with Gasteiger partial charge in [0, 0.05) is 16.2 Å². The maximum absolute atomic E-state index is 9.96. The lowest BCUT2D eigenvalue weighted by Gasteiger charge is -2.19. The first-order chi connectivity index (χ1) is 25.0. The lowest BCUT2D eigenvalue weighted by molar-refractivity contribution is 0.673. The molecule has 9 aromatic rings. The summed E-state index contributed by atoms with van der Waals surface area (Å²) in [6.07, 6.45) is 0. The molecule has 0 amide bonds. The molecule has 1 nitrogen and oxygen atoms in total. The molecule has 9 rings (SSSR count). The molecule has 0 aliphatic carbocycles. The number of hydrogen-bond donors (Lipinski definition) is 0. The standard InChI is InChI=1S/C40H24O/c1-2-12-25(13-3-1)38-29-17-7-9-19-31(29)39(32-20-10-8-18-30(32)38)35-24-36-34-22-26-14-4-5-15-27(26)23-37(34)41-40(36)33-21-11-6-16-28(33)35/h1-24H/i4D,5D,6D,11D,14D,15D,16D,21D,22D,23D,24D. The van der Waals surface area contributed by atoms with Crippen LogP contribution in [-0.4, -0.2) is 0 Å². The first-order valence-corrected chi connectivity index (χ1v) is 13.2. The second-order valence-electron chi connectivity index (χ2n) is 9.97. The predicted molar refractivity (Wildman–Crippen MR) is 175 cm³/mol. The molecule has 190 valence electrons. The van der Waals surface area contributed by atoms with E-state index < -0.39 is 48.3 Å². The van der Waals surface area contributed by atoms with Crippen LogP contribution in [0.3, 0.4) is 0 Å². The van der Waals surface area contributed by atoms with Crippen molar-refractivity contribution >= 4 is 65.0 Å². The van der Waals surface area contributed by atoms with Crippen molar-refractivity contribution in [2.75, 3.05) is 0 Å². The largest absolute Gasteiger partial charge is 0.455 e. The summed E-state index contributed by atoms with van der Waals surface area (Å²) >= 11 is 0. The van der Waals surface area contributed by atoms with Crippen LogP contribution >= 0.6 is 0 Å². The van der Waals surface area contributed by atoms with Gasteiger partial charge >= 0.3 is 0 Å². The van der Waals surface area contributed by atoms with Crippen LogP contribution in [-0.2, 0) is 0 Å². The van der Waals surface area contributed by atoms with E-state index in [-0.39, 0.29) is 67.2 Å². The summed E-state index contributed by atoms with van der Waals surface area (Å²) in [6.45, 7) is 0. The maximum Gasteiger partial charge on any atom is 0.143 e. The van der Waals surface area contributed by atoms with Gasteiger partial charge in [0.2, 0.25) is 0 Å². The lowest BCUT2D eigenvalue weighted by atomic mass is 9.84. The molecule has 1 heterocycles. The van der Waals surface area contributed by atoms with E-state index in [1.807, 2.05) is 78.9 Å². The monoisotopic (exact) mass is 531 g/mol. The molecular weight excluding hydrogens is 496 g/mol. The van der Waals surface area contributed by atoms with Gasteiger partial charge in [0.15, 0.2) is 0 Å². The van der Waals surface area contributed by atoms with Gasteiger partial charge in [0.05, 0.1) is 15.1 Å². The van der Waals surface area contributed by atoms with Gasteiger partial charge < -0.3 is 4.42 Å². The van der Waals surface area contributed by atoms with Crippen LogP contribution < -0.4 is 0 Å².